The number of methoxy groups -OCH3 is 1. The van der Waals surface area contributed by atoms with Crippen LogP contribution in [0.3, 0.4) is 0 Å². The van der Waals surface area contributed by atoms with Crippen LogP contribution in [0, 0.1) is 6.92 Å². The number of ether oxygens (including phenoxy) is 3. The second kappa shape index (κ2) is 11.1. The van der Waals surface area contributed by atoms with Crippen molar-refractivity contribution < 1.29 is 23.8 Å². The van der Waals surface area contributed by atoms with Crippen LogP contribution in [0.1, 0.15) is 11.1 Å². The van der Waals surface area contributed by atoms with Crippen molar-refractivity contribution in [2.75, 3.05) is 26.9 Å². The standard InChI is InChI=1S/C21H22BrNO5/c1-15-4-3-5-18(12-15)27-11-10-23-20(24)14-28-21(25)9-6-16-13-17(22)7-8-19(16)26-2/h3-9,12-13H,10-11,14H2,1-2H3,(H,23,24)/b9-6+. The number of carbonyl (C=O) groups excluding carboxylic acids is 2. The maximum atomic E-state index is 11.8. The van der Waals surface area contributed by atoms with E-state index in [1.165, 1.54) is 6.08 Å². The van der Waals surface area contributed by atoms with Crippen LogP contribution in [-0.2, 0) is 14.3 Å². The smallest absolute Gasteiger partial charge is 0.331 e. The molecule has 0 atom stereocenters. The molecule has 1 N–H and O–H groups in total. The van der Waals surface area contributed by atoms with E-state index in [1.54, 1.807) is 19.3 Å². The first-order valence-electron chi connectivity index (χ1n) is 8.62. The fourth-order valence-corrected chi connectivity index (χ4v) is 2.67. The van der Waals surface area contributed by atoms with Crippen molar-refractivity contribution >= 4 is 33.9 Å². The highest BCUT2D eigenvalue weighted by Crippen LogP contribution is 2.24. The van der Waals surface area contributed by atoms with Gasteiger partial charge in [0.1, 0.15) is 18.1 Å². The molecule has 0 unspecified atom stereocenters. The lowest BCUT2D eigenvalue weighted by molar-refractivity contribution is -0.143. The van der Waals surface area contributed by atoms with Crippen molar-refractivity contribution in [3.8, 4) is 11.5 Å². The van der Waals surface area contributed by atoms with Crippen molar-refractivity contribution in [3.63, 3.8) is 0 Å². The molecule has 0 aliphatic rings. The summed E-state index contributed by atoms with van der Waals surface area (Å²) in [4.78, 5) is 23.5. The molecule has 7 heteroatoms. The fraction of sp³-hybridized carbons (Fsp3) is 0.238. The molecule has 0 radical (unpaired) electrons. The Kier molecular flexibility index (Phi) is 8.55. The van der Waals surface area contributed by atoms with Crippen LogP contribution < -0.4 is 14.8 Å². The second-order valence-electron chi connectivity index (χ2n) is 5.84. The zero-order chi connectivity index (χ0) is 20.4. The first-order valence-corrected chi connectivity index (χ1v) is 9.42. The monoisotopic (exact) mass is 447 g/mol. The summed E-state index contributed by atoms with van der Waals surface area (Å²) in [6.07, 6.45) is 2.82. The highest BCUT2D eigenvalue weighted by Gasteiger charge is 2.06. The quantitative estimate of drug-likeness (QED) is 0.361. The van der Waals surface area contributed by atoms with Gasteiger partial charge in [-0.1, -0.05) is 28.1 Å². The van der Waals surface area contributed by atoms with Crippen molar-refractivity contribution in [2.45, 2.75) is 6.92 Å². The number of benzene rings is 2. The predicted molar refractivity (Wildman–Crippen MR) is 110 cm³/mol. The lowest BCUT2D eigenvalue weighted by Gasteiger charge is -2.08. The lowest BCUT2D eigenvalue weighted by atomic mass is 10.2. The van der Waals surface area contributed by atoms with E-state index in [1.807, 2.05) is 43.3 Å². The summed E-state index contributed by atoms with van der Waals surface area (Å²) >= 11 is 3.36. The molecular weight excluding hydrogens is 426 g/mol. The Balaban J connectivity index is 1.69. The van der Waals surface area contributed by atoms with E-state index in [0.29, 0.717) is 24.5 Å². The summed E-state index contributed by atoms with van der Waals surface area (Å²) in [7, 11) is 1.55. The van der Waals surface area contributed by atoms with Crippen molar-refractivity contribution in [1.29, 1.82) is 0 Å². The number of hydrogen-bond acceptors (Lipinski definition) is 5. The maximum Gasteiger partial charge on any atom is 0.331 e. The van der Waals surface area contributed by atoms with Crippen LogP contribution in [0.25, 0.3) is 6.08 Å². The third-order valence-corrected chi connectivity index (χ3v) is 4.11. The Labute approximate surface area is 172 Å². The van der Waals surface area contributed by atoms with Gasteiger partial charge in [0.05, 0.1) is 13.7 Å². The molecule has 0 heterocycles. The van der Waals surface area contributed by atoms with E-state index in [-0.39, 0.29) is 6.61 Å². The Morgan fingerprint density at radius 1 is 1.18 bits per heavy atom. The summed E-state index contributed by atoms with van der Waals surface area (Å²) in [5.74, 6) is 0.357. The van der Waals surface area contributed by atoms with Gasteiger partial charge in [-0.15, -0.1) is 0 Å². The average molecular weight is 448 g/mol. The topological polar surface area (TPSA) is 73.9 Å². The number of esters is 1. The van der Waals surface area contributed by atoms with Gasteiger partial charge in [0.2, 0.25) is 0 Å². The molecule has 0 aliphatic carbocycles. The van der Waals surface area contributed by atoms with E-state index in [4.69, 9.17) is 14.2 Å². The highest BCUT2D eigenvalue weighted by atomic mass is 79.9. The van der Waals surface area contributed by atoms with Crippen LogP contribution in [0.4, 0.5) is 0 Å². The molecule has 0 saturated carbocycles. The van der Waals surface area contributed by atoms with Crippen molar-refractivity contribution in [1.82, 2.24) is 5.32 Å². The SMILES string of the molecule is COc1ccc(Br)cc1/C=C/C(=O)OCC(=O)NCCOc1cccc(C)c1. The molecule has 2 aromatic rings. The third kappa shape index (κ3) is 7.44. The van der Waals surface area contributed by atoms with E-state index in [2.05, 4.69) is 21.2 Å². The van der Waals surface area contributed by atoms with Gasteiger partial charge in [0.25, 0.3) is 5.91 Å². The summed E-state index contributed by atoms with van der Waals surface area (Å²) < 4.78 is 16.5. The van der Waals surface area contributed by atoms with Crippen molar-refractivity contribution in [2.24, 2.45) is 0 Å². The van der Waals surface area contributed by atoms with Crippen LogP contribution in [-0.4, -0.2) is 38.7 Å². The molecule has 0 aliphatic heterocycles. The molecule has 0 fully saturated rings. The summed E-state index contributed by atoms with van der Waals surface area (Å²) in [5.41, 5.74) is 1.81. The van der Waals surface area contributed by atoms with Gasteiger partial charge in [0.15, 0.2) is 6.61 Å². The minimum Gasteiger partial charge on any atom is -0.496 e. The number of halogens is 1. The fourth-order valence-electron chi connectivity index (χ4n) is 2.29. The number of amides is 1. The van der Waals surface area contributed by atoms with Crippen LogP contribution in [0.15, 0.2) is 53.0 Å². The van der Waals surface area contributed by atoms with Crippen LogP contribution in [0.2, 0.25) is 0 Å². The lowest BCUT2D eigenvalue weighted by Crippen LogP contribution is -2.31. The Morgan fingerprint density at radius 2 is 2.00 bits per heavy atom. The van der Waals surface area contributed by atoms with Gasteiger partial charge >= 0.3 is 5.97 Å². The molecule has 0 saturated heterocycles. The molecule has 6 nitrogen and oxygen atoms in total. The highest BCUT2D eigenvalue weighted by molar-refractivity contribution is 9.10. The van der Waals surface area contributed by atoms with Gasteiger partial charge in [-0.2, -0.15) is 0 Å². The second-order valence-corrected chi connectivity index (χ2v) is 6.76. The third-order valence-electron chi connectivity index (χ3n) is 3.62. The molecule has 0 bridgehead atoms. The molecule has 1 amide bonds. The Bertz CT molecular complexity index is 850. The number of hydrogen-bond donors (Lipinski definition) is 1. The van der Waals surface area contributed by atoms with Gasteiger partial charge in [-0.25, -0.2) is 4.79 Å². The van der Waals surface area contributed by atoms with E-state index < -0.39 is 11.9 Å². The number of carbonyl (C=O) groups is 2. The van der Waals surface area contributed by atoms with Crippen LogP contribution >= 0.6 is 15.9 Å². The molecular formula is C21H22BrNO5. The van der Waals surface area contributed by atoms with Gasteiger partial charge in [-0.3, -0.25) is 4.79 Å². The zero-order valence-corrected chi connectivity index (χ0v) is 17.3. The molecule has 28 heavy (non-hydrogen) atoms. The van der Waals surface area contributed by atoms with E-state index in [0.717, 1.165) is 15.8 Å². The average Bonchev–Trinajstić information content (AvgIpc) is 2.68. The van der Waals surface area contributed by atoms with Gasteiger partial charge < -0.3 is 19.5 Å². The first-order chi connectivity index (χ1) is 13.5. The Hall–Kier alpha value is -2.80. The van der Waals surface area contributed by atoms with Crippen molar-refractivity contribution in [3.05, 3.63) is 64.1 Å². The largest absolute Gasteiger partial charge is 0.496 e. The normalized spacial score (nSPS) is 10.5. The summed E-state index contributed by atoms with van der Waals surface area (Å²) in [6, 6.07) is 13.1. The minimum absolute atomic E-state index is 0.315. The minimum atomic E-state index is -0.617. The maximum absolute atomic E-state index is 11.8. The van der Waals surface area contributed by atoms with E-state index >= 15 is 0 Å². The molecule has 0 spiro atoms. The van der Waals surface area contributed by atoms with Crippen LogP contribution in [0.5, 0.6) is 11.5 Å². The Morgan fingerprint density at radius 3 is 2.75 bits per heavy atom. The van der Waals surface area contributed by atoms with E-state index in [9.17, 15) is 9.59 Å². The molecule has 2 rings (SSSR count). The van der Waals surface area contributed by atoms with Gasteiger partial charge in [-0.05, 0) is 48.9 Å². The molecule has 0 aromatic heterocycles. The number of nitrogens with one attached hydrogen (secondary N) is 1. The predicted octanol–water partition coefficient (Wildman–Crippen LogP) is 3.52. The number of rotatable bonds is 9. The zero-order valence-electron chi connectivity index (χ0n) is 15.7. The summed E-state index contributed by atoms with van der Waals surface area (Å²) in [6.45, 7) is 2.26. The summed E-state index contributed by atoms with van der Waals surface area (Å²) in [5, 5.41) is 2.63. The van der Waals surface area contributed by atoms with Gasteiger partial charge in [0, 0.05) is 16.1 Å². The first kappa shape index (κ1) is 21.5. The molecule has 2 aromatic carbocycles. The number of aryl methyl sites for hydroxylation is 1. The molecule has 148 valence electrons.